The van der Waals surface area contributed by atoms with Crippen LogP contribution in [0.15, 0.2) is 75.8 Å². The minimum atomic E-state index is -4.72. The monoisotopic (exact) mass is 693 g/mol. The number of nitrogens with one attached hydrogen (secondary N) is 3. The molecule has 1 heterocycles. The number of nitrogens with two attached hydrogens (primary N) is 1. The molecule has 0 fully saturated rings. The molecule has 10 N–H and O–H groups in total. The summed E-state index contributed by atoms with van der Waals surface area (Å²) in [6.07, 6.45) is 0. The average molecular weight is 694 g/mol. The summed E-state index contributed by atoms with van der Waals surface area (Å²) in [5.74, 6) is -0.391. The van der Waals surface area contributed by atoms with E-state index in [1.807, 2.05) is 0 Å². The summed E-state index contributed by atoms with van der Waals surface area (Å²) in [5.41, 5.74) is 8.55. The molecule has 5 rings (SSSR count). The quantitative estimate of drug-likeness (QED) is 0.0239. The highest BCUT2D eigenvalue weighted by molar-refractivity contribution is 7.85. The van der Waals surface area contributed by atoms with E-state index in [0.29, 0.717) is 28.1 Å². The van der Waals surface area contributed by atoms with Crippen molar-refractivity contribution in [2.75, 3.05) is 34.8 Å². The maximum Gasteiger partial charge on any atom is 0.294 e. The number of aliphatic hydroxyl groups excluding tert-OH is 1. The number of phenols is 1. The van der Waals surface area contributed by atoms with Crippen LogP contribution >= 0.6 is 0 Å². The first-order valence-electron chi connectivity index (χ1n) is 14.3. The van der Waals surface area contributed by atoms with Crippen molar-refractivity contribution >= 4 is 67.2 Å². The Morgan fingerprint density at radius 1 is 0.857 bits per heavy atom. The van der Waals surface area contributed by atoms with Gasteiger partial charge in [-0.15, -0.1) is 5.11 Å². The highest BCUT2D eigenvalue weighted by atomic mass is 32.2. The van der Waals surface area contributed by atoms with E-state index in [0.717, 1.165) is 6.07 Å². The molecule has 0 aliphatic heterocycles. The number of nitrogen functional groups attached to an aromatic ring is 1. The topological polar surface area (TPSA) is 279 Å². The fourth-order valence-corrected chi connectivity index (χ4v) is 5.31. The van der Waals surface area contributed by atoms with E-state index in [9.17, 15) is 23.2 Å². The molecule has 0 aliphatic carbocycles. The van der Waals surface area contributed by atoms with E-state index in [1.165, 1.54) is 6.07 Å². The van der Waals surface area contributed by atoms with Crippen LogP contribution < -0.4 is 21.7 Å². The molecule has 0 saturated heterocycles. The number of aliphatic hydroxyl groups is 1. The third-order valence-corrected chi connectivity index (χ3v) is 7.69. The average Bonchev–Trinajstić information content (AvgIpc) is 3.04. The van der Waals surface area contributed by atoms with Gasteiger partial charge in [0.25, 0.3) is 10.1 Å². The largest absolute Gasteiger partial charge is 0.505 e. The molecule has 0 spiro atoms. The molecule has 0 atom stereocenters. The zero-order valence-electron chi connectivity index (χ0n) is 25.7. The summed E-state index contributed by atoms with van der Waals surface area (Å²) in [5, 5.41) is 56.2. The second-order valence-corrected chi connectivity index (χ2v) is 11.9. The van der Waals surface area contributed by atoms with Crippen LogP contribution in [0.2, 0.25) is 0 Å². The Labute approximate surface area is 278 Å². The molecule has 49 heavy (non-hydrogen) atoms. The Morgan fingerprint density at radius 2 is 1.49 bits per heavy atom. The van der Waals surface area contributed by atoms with Gasteiger partial charge in [-0.2, -0.15) is 28.5 Å². The van der Waals surface area contributed by atoms with Crippen LogP contribution in [-0.4, -0.2) is 61.8 Å². The van der Waals surface area contributed by atoms with E-state index in [4.69, 9.17) is 16.2 Å². The summed E-state index contributed by atoms with van der Waals surface area (Å²) in [6.45, 7) is 1.13. The Balaban J connectivity index is 1.62. The Morgan fingerprint density at radius 3 is 2.10 bits per heavy atom. The van der Waals surface area contributed by atoms with Crippen molar-refractivity contribution < 1.29 is 43.5 Å². The number of rotatable bonds is 14. The van der Waals surface area contributed by atoms with Crippen molar-refractivity contribution in [1.29, 1.82) is 0 Å². The van der Waals surface area contributed by atoms with Crippen molar-refractivity contribution in [2.45, 2.75) is 25.0 Å². The molecule has 0 unspecified atom stereocenters. The molecule has 0 aliphatic rings. The van der Waals surface area contributed by atoms with Gasteiger partial charge in [0.2, 0.25) is 17.8 Å². The highest BCUT2D eigenvalue weighted by Crippen LogP contribution is 2.44. The van der Waals surface area contributed by atoms with E-state index in [1.54, 1.807) is 55.5 Å². The SMILES string of the molecule is Cc1cc2cc(S(=O)(=O)O)cc(Nc3nc(NCCO)nc(Nc4ccc(N)cc4)n3)c2c(O)c1N=Nc1cc(COO)cc(COO)c1. The fraction of sp³-hybridized carbons (Fsp3) is 0.167. The molecule has 0 bridgehead atoms. The van der Waals surface area contributed by atoms with E-state index in [2.05, 4.69) is 50.9 Å². The molecule has 5 aromatic rings. The molecular weight excluding hydrogens is 662 g/mol. The third-order valence-electron chi connectivity index (χ3n) is 6.86. The summed E-state index contributed by atoms with van der Waals surface area (Å²) in [7, 11) is -4.72. The van der Waals surface area contributed by atoms with Crippen LogP contribution in [0.4, 0.5) is 46.3 Å². The van der Waals surface area contributed by atoms with Crippen molar-refractivity contribution in [1.82, 2.24) is 15.0 Å². The van der Waals surface area contributed by atoms with Gasteiger partial charge in [-0.25, -0.2) is 9.78 Å². The lowest BCUT2D eigenvalue weighted by molar-refractivity contribution is -0.254. The first-order valence-corrected chi connectivity index (χ1v) is 15.8. The van der Waals surface area contributed by atoms with Gasteiger partial charge >= 0.3 is 0 Å². The van der Waals surface area contributed by atoms with Crippen LogP contribution in [0.5, 0.6) is 5.75 Å². The lowest BCUT2D eigenvalue weighted by Gasteiger charge is -2.15. The summed E-state index contributed by atoms with van der Waals surface area (Å²) in [4.78, 5) is 20.9. The number of phenolic OH excluding ortho intramolecular Hbond substituents is 1. The van der Waals surface area contributed by atoms with E-state index < -0.39 is 20.8 Å². The first-order chi connectivity index (χ1) is 23.5. The van der Waals surface area contributed by atoms with Gasteiger partial charge in [0, 0.05) is 23.3 Å². The standard InChI is InChI=1S/C30H31N9O9S/c1-16-8-19-12-23(49(44,45)46)13-24(25(19)27(41)26(16)39-38-22-10-17(14-47-42)9-18(11-22)15-48-43)34-30-36-28(32-6-7-40)35-29(37-30)33-21-4-2-20(31)3-5-21/h2-5,8-13,40-43H,6-7,14-15,31H2,1H3,(H,44,45,46)(H3,32,33,34,35,36,37). The molecule has 0 saturated carbocycles. The van der Waals surface area contributed by atoms with Crippen molar-refractivity contribution in [3.8, 4) is 5.75 Å². The van der Waals surface area contributed by atoms with Crippen LogP contribution in [-0.2, 0) is 33.1 Å². The van der Waals surface area contributed by atoms with Crippen LogP contribution in [0, 0.1) is 6.92 Å². The summed E-state index contributed by atoms with van der Waals surface area (Å²) < 4.78 is 34.5. The molecule has 0 radical (unpaired) electrons. The Kier molecular flexibility index (Phi) is 10.7. The second-order valence-electron chi connectivity index (χ2n) is 10.5. The summed E-state index contributed by atoms with van der Waals surface area (Å²) in [6, 6.07) is 15.3. The van der Waals surface area contributed by atoms with Gasteiger partial charge in [0.05, 0.1) is 22.9 Å². The van der Waals surface area contributed by atoms with E-state index in [-0.39, 0.29) is 72.0 Å². The van der Waals surface area contributed by atoms with Gasteiger partial charge in [-0.3, -0.25) is 15.1 Å². The normalized spacial score (nSPS) is 11.7. The second kappa shape index (κ2) is 15.1. The van der Waals surface area contributed by atoms with Gasteiger partial charge in [-0.05, 0) is 83.6 Å². The highest BCUT2D eigenvalue weighted by Gasteiger charge is 2.21. The maximum absolute atomic E-state index is 12.3. The Hall–Kier alpha value is -5.54. The number of hydrogen-bond donors (Lipinski definition) is 9. The van der Waals surface area contributed by atoms with Crippen LogP contribution in [0.25, 0.3) is 10.8 Å². The number of benzene rings is 4. The number of azo groups is 1. The summed E-state index contributed by atoms with van der Waals surface area (Å²) >= 11 is 0. The molecule has 19 heteroatoms. The molecule has 4 aromatic carbocycles. The van der Waals surface area contributed by atoms with Gasteiger partial charge in [0.15, 0.2) is 5.75 Å². The molecule has 1 aromatic heterocycles. The lowest BCUT2D eigenvalue weighted by atomic mass is 10.0. The van der Waals surface area contributed by atoms with Crippen LogP contribution in [0.3, 0.4) is 0 Å². The molecule has 256 valence electrons. The number of aromatic nitrogens is 3. The smallest absolute Gasteiger partial charge is 0.294 e. The predicted octanol–water partition coefficient (Wildman–Crippen LogP) is 5.15. The minimum Gasteiger partial charge on any atom is -0.505 e. The number of hydrogen-bond acceptors (Lipinski definition) is 17. The minimum absolute atomic E-state index is 0.0191. The van der Waals surface area contributed by atoms with Crippen molar-refractivity contribution in [3.05, 3.63) is 77.4 Å². The number of aryl methyl sites for hydroxylation is 1. The first kappa shape index (κ1) is 34.8. The van der Waals surface area contributed by atoms with Crippen molar-refractivity contribution in [2.24, 2.45) is 10.2 Å². The lowest BCUT2D eigenvalue weighted by Crippen LogP contribution is -2.12. The van der Waals surface area contributed by atoms with Crippen molar-refractivity contribution in [3.63, 3.8) is 0 Å². The zero-order valence-corrected chi connectivity index (χ0v) is 26.5. The number of anilines is 6. The van der Waals surface area contributed by atoms with Crippen LogP contribution in [0.1, 0.15) is 16.7 Å². The molecular formula is C30H31N9O9S. The van der Waals surface area contributed by atoms with Gasteiger partial charge in [-0.1, -0.05) is 6.07 Å². The number of aromatic hydroxyl groups is 1. The van der Waals surface area contributed by atoms with Gasteiger partial charge < -0.3 is 31.9 Å². The van der Waals surface area contributed by atoms with Gasteiger partial charge in [0.1, 0.15) is 18.9 Å². The fourth-order valence-electron chi connectivity index (χ4n) is 4.77. The maximum atomic E-state index is 12.3. The third kappa shape index (κ3) is 8.69. The molecule has 18 nitrogen and oxygen atoms in total. The van der Waals surface area contributed by atoms with E-state index >= 15 is 0 Å². The number of nitrogens with zero attached hydrogens (tertiary/aromatic N) is 5. The molecule has 0 amide bonds. The predicted molar refractivity (Wildman–Crippen MR) is 178 cm³/mol. The Bertz CT molecular complexity index is 2090. The number of fused-ring (bicyclic) bond motifs is 1. The zero-order chi connectivity index (χ0) is 35.1.